The van der Waals surface area contributed by atoms with Crippen LogP contribution in [0.2, 0.25) is 0 Å². The molecule has 0 spiro atoms. The van der Waals surface area contributed by atoms with Gasteiger partial charge in [0.15, 0.2) is 0 Å². The summed E-state index contributed by atoms with van der Waals surface area (Å²) >= 11 is 0. The lowest BCUT2D eigenvalue weighted by Gasteiger charge is -1.86. The highest BCUT2D eigenvalue weighted by Gasteiger charge is 1.62. The van der Waals surface area contributed by atoms with Crippen LogP contribution < -0.4 is 11.1 Å². The first-order valence-corrected chi connectivity index (χ1v) is 1.62. The number of hydrogen-bond acceptors (Lipinski definition) is 2. The first kappa shape index (κ1) is 4.92. The van der Waals surface area contributed by atoms with Crippen LogP contribution in [-0.4, -0.2) is 13.2 Å². The van der Waals surface area contributed by atoms with Gasteiger partial charge in [-0.2, -0.15) is 0 Å². The van der Waals surface area contributed by atoms with Crippen LogP contribution in [0.4, 0.5) is 0 Å². The molecule has 31 valence electrons. The van der Waals surface area contributed by atoms with Crippen molar-refractivity contribution in [3.8, 4) is 0 Å². The first-order valence-electron chi connectivity index (χ1n) is 1.62. The minimum Gasteiger partial charge on any atom is -0.318 e. The Bertz CT molecular complexity index is 12.4. The maximum Gasteiger partial charge on any atom is 0.0428 e. The zero-order valence-corrected chi connectivity index (χ0v) is 3.20. The Hall–Kier alpha value is -0.0800. The third kappa shape index (κ3) is 3.92. The molecule has 3 N–H and O–H groups in total. The average molecular weight is 73.1 g/mol. The maximum absolute atomic E-state index is 4.99. The lowest BCUT2D eigenvalue weighted by Crippen LogP contribution is -2.21. The Kier molecular flexibility index (Phi) is 3.86. The van der Waals surface area contributed by atoms with Crippen molar-refractivity contribution in [1.29, 1.82) is 0 Å². The highest BCUT2D eigenvalue weighted by Crippen LogP contribution is 1.38. The van der Waals surface area contributed by atoms with Crippen LogP contribution >= 0.6 is 0 Å². The van der Waals surface area contributed by atoms with Gasteiger partial charge in [0.25, 0.3) is 0 Å². The molecule has 2 nitrogen and oxygen atoms in total. The Balaban J connectivity index is 2.19. The van der Waals surface area contributed by atoms with Gasteiger partial charge in [0.2, 0.25) is 0 Å². The number of hydrogen-bond donors (Lipinski definition) is 2. The monoisotopic (exact) mass is 73.1 g/mol. The molecule has 0 heterocycles. The predicted molar refractivity (Wildman–Crippen MR) is 22.4 cm³/mol. The van der Waals surface area contributed by atoms with Crippen molar-refractivity contribution in [2.45, 2.75) is 0 Å². The molecule has 0 saturated carbocycles. The van der Waals surface area contributed by atoms with Crippen molar-refractivity contribution in [2.75, 3.05) is 13.2 Å². The molecule has 0 aliphatic heterocycles. The molecule has 0 amide bonds. The van der Waals surface area contributed by atoms with E-state index in [-0.39, 0.29) is 0 Å². The molecule has 0 aromatic rings. The molecule has 0 aliphatic carbocycles. The highest BCUT2D eigenvalue weighted by molar-refractivity contribution is 4.38. The van der Waals surface area contributed by atoms with E-state index in [4.69, 9.17) is 5.73 Å². The highest BCUT2D eigenvalue weighted by atomic mass is 14.9. The molecular formula is C3H9N2. The summed E-state index contributed by atoms with van der Waals surface area (Å²) in [5, 5.41) is 2.78. The molecule has 5 heavy (non-hydrogen) atoms. The van der Waals surface area contributed by atoms with Gasteiger partial charge in [0.05, 0.1) is 0 Å². The molecular weight excluding hydrogens is 64.0 g/mol. The fourth-order valence-electron chi connectivity index (χ4n) is 0.102. The summed E-state index contributed by atoms with van der Waals surface area (Å²) in [4.78, 5) is 0. The predicted octanol–water partition coefficient (Wildman–Crippen LogP) is -0.674. The SMILES string of the molecule is [CH2]CNCN. The van der Waals surface area contributed by atoms with Gasteiger partial charge >= 0.3 is 0 Å². The van der Waals surface area contributed by atoms with Crippen LogP contribution in [-0.2, 0) is 0 Å². The van der Waals surface area contributed by atoms with E-state index in [0.717, 1.165) is 6.54 Å². The van der Waals surface area contributed by atoms with Gasteiger partial charge in [-0.3, -0.25) is 0 Å². The molecule has 0 aromatic carbocycles. The fraction of sp³-hybridized carbons (Fsp3) is 0.667. The molecule has 0 bridgehead atoms. The van der Waals surface area contributed by atoms with Crippen molar-refractivity contribution in [3.63, 3.8) is 0 Å². The number of rotatable bonds is 2. The molecule has 0 fully saturated rings. The van der Waals surface area contributed by atoms with Crippen LogP contribution in [0.25, 0.3) is 0 Å². The summed E-state index contributed by atoms with van der Waals surface area (Å²) in [7, 11) is 0. The van der Waals surface area contributed by atoms with E-state index in [0.29, 0.717) is 6.67 Å². The van der Waals surface area contributed by atoms with E-state index in [9.17, 15) is 0 Å². The van der Waals surface area contributed by atoms with Crippen molar-refractivity contribution < 1.29 is 0 Å². The summed E-state index contributed by atoms with van der Waals surface area (Å²) in [6, 6.07) is 0. The lowest BCUT2D eigenvalue weighted by molar-refractivity contribution is 0.774. The Morgan fingerprint density at radius 1 is 1.80 bits per heavy atom. The van der Waals surface area contributed by atoms with Crippen molar-refractivity contribution in [1.82, 2.24) is 5.32 Å². The van der Waals surface area contributed by atoms with E-state index in [1.165, 1.54) is 0 Å². The largest absolute Gasteiger partial charge is 0.318 e. The zero-order valence-electron chi connectivity index (χ0n) is 3.20. The van der Waals surface area contributed by atoms with Gasteiger partial charge in [-0.15, -0.1) is 0 Å². The summed E-state index contributed by atoms with van der Waals surface area (Å²) in [5.41, 5.74) is 4.99. The molecule has 0 aliphatic rings. The van der Waals surface area contributed by atoms with Gasteiger partial charge in [-0.1, -0.05) is 0 Å². The van der Waals surface area contributed by atoms with Crippen molar-refractivity contribution >= 4 is 0 Å². The normalized spacial score (nSPS) is 8.40. The summed E-state index contributed by atoms with van der Waals surface area (Å²) in [5.74, 6) is 0. The van der Waals surface area contributed by atoms with E-state index < -0.39 is 0 Å². The zero-order chi connectivity index (χ0) is 4.12. The summed E-state index contributed by atoms with van der Waals surface area (Å²) < 4.78 is 0. The molecule has 1 radical (unpaired) electrons. The van der Waals surface area contributed by atoms with Gasteiger partial charge in [-0.05, 0) is 13.5 Å². The number of nitrogens with two attached hydrogens (primary N) is 1. The van der Waals surface area contributed by atoms with E-state index in [1.807, 2.05) is 0 Å². The van der Waals surface area contributed by atoms with E-state index >= 15 is 0 Å². The first-order chi connectivity index (χ1) is 2.41. The van der Waals surface area contributed by atoms with Crippen LogP contribution in [0.3, 0.4) is 0 Å². The van der Waals surface area contributed by atoms with Gasteiger partial charge in [-0.25, -0.2) is 0 Å². The number of nitrogens with one attached hydrogen (secondary N) is 1. The maximum atomic E-state index is 4.99. The molecule has 0 aromatic heterocycles. The van der Waals surface area contributed by atoms with Gasteiger partial charge in [0.1, 0.15) is 0 Å². The molecule has 0 atom stereocenters. The van der Waals surface area contributed by atoms with Crippen LogP contribution in [0.15, 0.2) is 0 Å². The van der Waals surface area contributed by atoms with Crippen molar-refractivity contribution in [3.05, 3.63) is 6.92 Å². The lowest BCUT2D eigenvalue weighted by atomic mass is 10.8. The second-order valence-corrected chi connectivity index (χ2v) is 0.704. The Labute approximate surface area is 32.4 Å². The second-order valence-electron chi connectivity index (χ2n) is 0.704. The summed E-state index contributed by atoms with van der Waals surface area (Å²) in [6.07, 6.45) is 0. The third-order valence-electron chi connectivity index (χ3n) is 0.321. The second kappa shape index (κ2) is 3.92. The average Bonchev–Trinajstić information content (AvgIpc) is 1.41. The summed E-state index contributed by atoms with van der Waals surface area (Å²) in [6.45, 7) is 4.73. The van der Waals surface area contributed by atoms with Crippen LogP contribution in [0, 0.1) is 6.92 Å². The minimum atomic E-state index is 0.531. The molecule has 0 unspecified atom stereocenters. The van der Waals surface area contributed by atoms with Crippen LogP contribution in [0.1, 0.15) is 0 Å². The van der Waals surface area contributed by atoms with Gasteiger partial charge in [0, 0.05) is 6.67 Å². The minimum absolute atomic E-state index is 0.531. The molecule has 0 rings (SSSR count). The van der Waals surface area contributed by atoms with Gasteiger partial charge < -0.3 is 11.1 Å². The fourth-order valence-corrected chi connectivity index (χ4v) is 0.102. The smallest absolute Gasteiger partial charge is 0.0428 e. The Morgan fingerprint density at radius 3 is 2.40 bits per heavy atom. The molecule has 0 saturated heterocycles. The standard InChI is InChI=1S/C3H9N2/c1-2-5-3-4/h5H,1-4H2. The van der Waals surface area contributed by atoms with Crippen molar-refractivity contribution in [2.24, 2.45) is 5.73 Å². The third-order valence-corrected chi connectivity index (χ3v) is 0.321. The van der Waals surface area contributed by atoms with E-state index in [2.05, 4.69) is 12.2 Å². The Morgan fingerprint density at radius 2 is 2.40 bits per heavy atom. The molecule has 2 heteroatoms. The quantitative estimate of drug-likeness (QED) is 0.425. The van der Waals surface area contributed by atoms with E-state index in [1.54, 1.807) is 0 Å². The van der Waals surface area contributed by atoms with Crippen LogP contribution in [0.5, 0.6) is 0 Å². The topological polar surface area (TPSA) is 38.0 Å².